The molecule has 2 aromatic heterocycles. The second kappa shape index (κ2) is 5.19. The predicted molar refractivity (Wildman–Crippen MR) is 67.2 cm³/mol. The third-order valence-electron chi connectivity index (χ3n) is 2.63. The number of nitrogens with two attached hydrogens (primary N) is 1. The lowest BCUT2D eigenvalue weighted by atomic mass is 10.2. The molecule has 0 spiro atoms. The minimum Gasteiger partial charge on any atom is -0.363 e. The van der Waals surface area contributed by atoms with Crippen molar-refractivity contribution in [3.63, 3.8) is 0 Å². The van der Waals surface area contributed by atoms with Gasteiger partial charge in [-0.25, -0.2) is 19.6 Å². The summed E-state index contributed by atoms with van der Waals surface area (Å²) >= 11 is 0. The summed E-state index contributed by atoms with van der Waals surface area (Å²) in [6.07, 6.45) is 1.81. The van der Waals surface area contributed by atoms with Crippen LogP contribution in [0.25, 0.3) is 0 Å². The first kappa shape index (κ1) is 13.2. The van der Waals surface area contributed by atoms with Gasteiger partial charge >= 0.3 is 0 Å². The summed E-state index contributed by atoms with van der Waals surface area (Å²) in [6.45, 7) is 2.18. The van der Waals surface area contributed by atoms with Gasteiger partial charge < -0.3 is 10.7 Å². The Morgan fingerprint density at radius 1 is 1.32 bits per heavy atom. The molecule has 0 radical (unpaired) electrons. The molecular formula is C11H14F2N6. The number of hydrazine groups is 1. The van der Waals surface area contributed by atoms with Crippen molar-refractivity contribution in [1.82, 2.24) is 14.8 Å². The highest BCUT2D eigenvalue weighted by Crippen LogP contribution is 2.19. The molecule has 2 rings (SSSR count). The van der Waals surface area contributed by atoms with Crippen LogP contribution >= 0.6 is 0 Å². The molecule has 0 atom stereocenters. The molecule has 0 fully saturated rings. The highest BCUT2D eigenvalue weighted by atomic mass is 19.1. The number of nitrogens with zero attached hydrogens (tertiary/aromatic N) is 3. The first-order valence-corrected chi connectivity index (χ1v) is 5.57. The number of anilines is 2. The maximum atomic E-state index is 13.5. The largest absolute Gasteiger partial charge is 0.363 e. The van der Waals surface area contributed by atoms with Crippen molar-refractivity contribution in [1.29, 1.82) is 0 Å². The van der Waals surface area contributed by atoms with Gasteiger partial charge in [0.2, 0.25) is 0 Å². The Morgan fingerprint density at radius 3 is 2.58 bits per heavy atom. The van der Waals surface area contributed by atoms with Gasteiger partial charge in [0.25, 0.3) is 0 Å². The summed E-state index contributed by atoms with van der Waals surface area (Å²) in [6, 6.07) is 0.723. The van der Waals surface area contributed by atoms with Crippen molar-refractivity contribution in [3.05, 3.63) is 35.2 Å². The number of pyridine rings is 1. The van der Waals surface area contributed by atoms with E-state index in [9.17, 15) is 8.78 Å². The van der Waals surface area contributed by atoms with Gasteiger partial charge in [-0.15, -0.1) is 0 Å². The molecular weight excluding hydrogens is 254 g/mol. The van der Waals surface area contributed by atoms with E-state index < -0.39 is 11.6 Å². The van der Waals surface area contributed by atoms with Gasteiger partial charge in [-0.2, -0.15) is 5.10 Å². The Balaban J connectivity index is 2.17. The zero-order chi connectivity index (χ0) is 14.0. The van der Waals surface area contributed by atoms with Crippen LogP contribution in [0.5, 0.6) is 0 Å². The molecule has 2 aromatic rings. The van der Waals surface area contributed by atoms with Crippen molar-refractivity contribution in [3.8, 4) is 0 Å². The van der Waals surface area contributed by atoms with Crippen LogP contribution in [-0.4, -0.2) is 14.8 Å². The molecule has 8 heteroatoms. The average molecular weight is 268 g/mol. The number of halogens is 2. The van der Waals surface area contributed by atoms with Crippen LogP contribution in [0.1, 0.15) is 11.3 Å². The van der Waals surface area contributed by atoms with Crippen molar-refractivity contribution in [2.45, 2.75) is 13.5 Å². The van der Waals surface area contributed by atoms with Crippen LogP contribution in [0.4, 0.5) is 20.4 Å². The van der Waals surface area contributed by atoms with E-state index in [0.29, 0.717) is 6.54 Å². The zero-order valence-electron chi connectivity index (χ0n) is 10.5. The van der Waals surface area contributed by atoms with E-state index in [1.807, 2.05) is 13.1 Å². The van der Waals surface area contributed by atoms with Gasteiger partial charge in [0, 0.05) is 31.4 Å². The number of nitrogen functional groups attached to an aromatic ring is 1. The first-order valence-electron chi connectivity index (χ1n) is 5.57. The van der Waals surface area contributed by atoms with E-state index in [0.717, 1.165) is 17.3 Å². The SMILES string of the molecule is Cc1nn(C)cc1CNc1nc(NN)c(F)cc1F. The van der Waals surface area contributed by atoms with Crippen molar-refractivity contribution < 1.29 is 8.78 Å². The highest BCUT2D eigenvalue weighted by Gasteiger charge is 2.11. The van der Waals surface area contributed by atoms with E-state index in [1.54, 1.807) is 11.7 Å². The van der Waals surface area contributed by atoms with Gasteiger partial charge in [-0.1, -0.05) is 0 Å². The lowest BCUT2D eigenvalue weighted by molar-refractivity contribution is 0.578. The molecule has 102 valence electrons. The molecule has 0 saturated carbocycles. The molecule has 0 bridgehead atoms. The van der Waals surface area contributed by atoms with Crippen molar-refractivity contribution in [2.24, 2.45) is 12.9 Å². The standard InChI is InChI=1S/C11H14F2N6/c1-6-7(5-19(2)18-6)4-15-10-8(12)3-9(13)11(16-10)17-14/h3,5H,4,14H2,1-2H3,(H2,15,16,17). The van der Waals surface area contributed by atoms with E-state index in [2.05, 4.69) is 20.8 Å². The van der Waals surface area contributed by atoms with Crippen LogP contribution in [0.2, 0.25) is 0 Å². The van der Waals surface area contributed by atoms with Gasteiger partial charge in [-0.3, -0.25) is 4.68 Å². The average Bonchev–Trinajstić information content (AvgIpc) is 2.67. The first-order chi connectivity index (χ1) is 9.01. The third-order valence-corrected chi connectivity index (χ3v) is 2.63. The number of rotatable bonds is 4. The quantitative estimate of drug-likeness (QED) is 0.575. The molecule has 2 heterocycles. The van der Waals surface area contributed by atoms with Gasteiger partial charge in [-0.05, 0) is 6.92 Å². The van der Waals surface area contributed by atoms with E-state index in [4.69, 9.17) is 5.84 Å². The lowest BCUT2D eigenvalue weighted by Gasteiger charge is -2.08. The fourth-order valence-corrected chi connectivity index (χ4v) is 1.69. The second-order valence-electron chi connectivity index (χ2n) is 4.06. The third kappa shape index (κ3) is 2.79. The highest BCUT2D eigenvalue weighted by molar-refractivity contribution is 5.47. The van der Waals surface area contributed by atoms with Crippen LogP contribution in [0.3, 0.4) is 0 Å². The van der Waals surface area contributed by atoms with Gasteiger partial charge in [0.15, 0.2) is 23.3 Å². The molecule has 0 unspecified atom stereocenters. The second-order valence-corrected chi connectivity index (χ2v) is 4.06. The van der Waals surface area contributed by atoms with Crippen LogP contribution in [0, 0.1) is 18.6 Å². The molecule has 0 amide bonds. The Kier molecular flexibility index (Phi) is 3.61. The van der Waals surface area contributed by atoms with Crippen LogP contribution in [0.15, 0.2) is 12.3 Å². The van der Waals surface area contributed by atoms with E-state index >= 15 is 0 Å². The maximum absolute atomic E-state index is 13.5. The Hall–Kier alpha value is -2.22. The molecule has 6 nitrogen and oxygen atoms in total. The molecule has 0 saturated heterocycles. The van der Waals surface area contributed by atoms with Crippen LogP contribution < -0.4 is 16.6 Å². The van der Waals surface area contributed by atoms with Gasteiger partial charge in [0.05, 0.1) is 5.69 Å². The molecule has 0 aromatic carbocycles. The molecule has 19 heavy (non-hydrogen) atoms. The lowest BCUT2D eigenvalue weighted by Crippen LogP contribution is -2.13. The van der Waals surface area contributed by atoms with E-state index in [1.165, 1.54) is 0 Å². The maximum Gasteiger partial charge on any atom is 0.178 e. The molecule has 4 N–H and O–H groups in total. The summed E-state index contributed by atoms with van der Waals surface area (Å²) in [7, 11) is 1.80. The number of aromatic nitrogens is 3. The summed E-state index contributed by atoms with van der Waals surface area (Å²) in [5.74, 6) is 3.18. The normalized spacial score (nSPS) is 10.6. The summed E-state index contributed by atoms with van der Waals surface area (Å²) in [4.78, 5) is 3.72. The van der Waals surface area contributed by atoms with E-state index in [-0.39, 0.29) is 11.6 Å². The molecule has 0 aliphatic carbocycles. The molecule has 0 aliphatic heterocycles. The minimum absolute atomic E-state index is 0.0717. The number of hydrogen-bond donors (Lipinski definition) is 3. The summed E-state index contributed by atoms with van der Waals surface area (Å²) < 4.78 is 28.4. The zero-order valence-corrected chi connectivity index (χ0v) is 10.5. The summed E-state index contributed by atoms with van der Waals surface area (Å²) in [5.41, 5.74) is 3.79. The Morgan fingerprint density at radius 2 is 2.00 bits per heavy atom. The number of aryl methyl sites for hydroxylation is 2. The number of hydrogen-bond acceptors (Lipinski definition) is 5. The monoisotopic (exact) mass is 268 g/mol. The molecule has 0 aliphatic rings. The van der Waals surface area contributed by atoms with Crippen molar-refractivity contribution >= 4 is 11.6 Å². The fourth-order valence-electron chi connectivity index (χ4n) is 1.69. The smallest absolute Gasteiger partial charge is 0.178 e. The summed E-state index contributed by atoms with van der Waals surface area (Å²) in [5, 5.41) is 6.95. The fraction of sp³-hybridized carbons (Fsp3) is 0.273. The predicted octanol–water partition coefficient (Wildman–Crippen LogP) is 1.30. The van der Waals surface area contributed by atoms with Crippen molar-refractivity contribution in [2.75, 3.05) is 10.7 Å². The minimum atomic E-state index is -0.844. The Bertz CT molecular complexity index is 595. The van der Waals surface area contributed by atoms with Gasteiger partial charge in [0.1, 0.15) is 0 Å². The topological polar surface area (TPSA) is 80.8 Å². The number of nitrogens with one attached hydrogen (secondary N) is 2. The Labute approximate surface area is 108 Å². The van der Waals surface area contributed by atoms with Crippen LogP contribution in [-0.2, 0) is 13.6 Å².